The molecule has 0 aliphatic rings. The van der Waals surface area contributed by atoms with Gasteiger partial charge in [-0.1, -0.05) is 12.1 Å². The van der Waals surface area contributed by atoms with Gasteiger partial charge in [-0.3, -0.25) is 13.4 Å². The van der Waals surface area contributed by atoms with E-state index < -0.39 is 29.2 Å². The number of benzene rings is 1. The molecule has 1 aromatic carbocycles. The van der Waals surface area contributed by atoms with E-state index in [1.165, 1.54) is 18.2 Å². The largest absolute Gasteiger partial charge is 1.00 e. The zero-order valence-electron chi connectivity index (χ0n) is 13.3. The van der Waals surface area contributed by atoms with Crippen molar-refractivity contribution in [1.82, 2.24) is 0 Å². The van der Waals surface area contributed by atoms with Crippen LogP contribution < -0.4 is 148 Å². The molecule has 0 aliphatic heterocycles. The van der Waals surface area contributed by atoms with E-state index in [0.29, 0.717) is 0 Å². The molecule has 2 atom stereocenters. The average molecular weight is 437 g/mol. The minimum Gasteiger partial charge on any atom is -0.790 e. The van der Waals surface area contributed by atoms with Crippen molar-refractivity contribution >= 4 is 29.2 Å². The Labute approximate surface area is 226 Å². The van der Waals surface area contributed by atoms with Gasteiger partial charge in [-0.2, -0.15) is 0 Å². The van der Waals surface area contributed by atoms with Crippen molar-refractivity contribution in [3.05, 3.63) is 24.3 Å². The van der Waals surface area contributed by atoms with Crippen LogP contribution in [0.15, 0.2) is 24.3 Å². The Balaban J connectivity index is -0.000000500. The van der Waals surface area contributed by atoms with Crippen LogP contribution in [0.4, 0.5) is 5.69 Å². The van der Waals surface area contributed by atoms with Gasteiger partial charge in [0.2, 0.25) is 0 Å². The molecule has 0 bridgehead atoms. The average Bonchev–Trinajstić information content (AvgIpc) is 2.15. The summed E-state index contributed by atoms with van der Waals surface area (Å²) in [4.78, 5) is 42.3. The first-order valence-corrected chi connectivity index (χ1v) is 8.89. The molecule has 1 aromatic rings. The van der Waals surface area contributed by atoms with Gasteiger partial charge in [0.25, 0.3) is 7.82 Å². The van der Waals surface area contributed by atoms with E-state index in [-0.39, 0.29) is 124 Å². The Morgan fingerprint density at radius 1 is 0.792 bits per heavy atom. The van der Waals surface area contributed by atoms with Gasteiger partial charge in [0.15, 0.2) is 5.75 Å². The number of rotatable bonds is 6. The molecule has 24 heavy (non-hydrogen) atoms. The monoisotopic (exact) mass is 437 g/mol. The van der Waals surface area contributed by atoms with Crippen LogP contribution in [0.5, 0.6) is 5.75 Å². The third-order valence-corrected chi connectivity index (χ3v) is 5.15. The fourth-order valence-corrected chi connectivity index (χ4v) is 3.85. The smallest absolute Gasteiger partial charge is 0.790 e. The second-order valence-electron chi connectivity index (χ2n) is 3.13. The number of phosphoric acid groups is 3. The number of para-hydroxylation sites is 2. The van der Waals surface area contributed by atoms with Gasteiger partial charge in [-0.05, 0) is 12.1 Å². The van der Waals surface area contributed by atoms with Gasteiger partial charge >= 0.3 is 126 Å². The first kappa shape index (κ1) is 34.8. The van der Waals surface area contributed by atoms with Crippen LogP contribution in [0.1, 0.15) is 0 Å². The van der Waals surface area contributed by atoms with E-state index in [9.17, 15) is 33.3 Å². The molecule has 0 heterocycles. The fourth-order valence-electron chi connectivity index (χ4n) is 0.961. The van der Waals surface area contributed by atoms with Crippen molar-refractivity contribution in [3.63, 3.8) is 0 Å². The summed E-state index contributed by atoms with van der Waals surface area (Å²) in [7, 11) is -17.6. The summed E-state index contributed by atoms with van der Waals surface area (Å²) in [5, 5.41) is 0. The number of nitrogen functional groups attached to an aromatic ring is 1. The van der Waals surface area contributed by atoms with Crippen LogP contribution in [-0.2, 0) is 22.3 Å². The van der Waals surface area contributed by atoms with Gasteiger partial charge in [-0.15, -0.1) is 0 Å². The molecule has 18 heteroatoms. The molecule has 11 nitrogen and oxygen atoms in total. The second kappa shape index (κ2) is 14.3. The van der Waals surface area contributed by atoms with Crippen molar-refractivity contribution in [2.24, 2.45) is 0 Å². The number of hydrogen-bond acceptors (Lipinski definition) is 11. The second-order valence-corrected chi connectivity index (χ2v) is 7.31. The van der Waals surface area contributed by atoms with Crippen LogP contribution in [0.3, 0.4) is 0 Å². The minimum absolute atomic E-state index is 0. The molecule has 0 amide bonds. The van der Waals surface area contributed by atoms with E-state index in [1.807, 2.05) is 0 Å². The summed E-state index contributed by atoms with van der Waals surface area (Å²) in [5.74, 6) is -0.460. The Hall–Kier alpha value is 3.27. The summed E-state index contributed by atoms with van der Waals surface area (Å²) in [6.45, 7) is 0. The third kappa shape index (κ3) is 15.2. The van der Waals surface area contributed by atoms with Crippen LogP contribution in [0.2, 0.25) is 0 Å². The molecule has 0 fully saturated rings. The Morgan fingerprint density at radius 3 is 1.67 bits per heavy atom. The van der Waals surface area contributed by atoms with E-state index in [4.69, 9.17) is 5.73 Å². The number of anilines is 1. The van der Waals surface area contributed by atoms with E-state index in [1.54, 1.807) is 0 Å². The standard InChI is InChI=1S/C6H10NO10P3.4Na/c7-5-3-1-2-4-6(5)15-19(11,12)17-20(13,14)16-18(8,9)10;;;;/h1-4H,7H2,(H,11,12)(H,13,14)(H2,8,9,10);;;;/q;4*+1/p-4. The number of hydrogen-bond donors (Lipinski definition) is 1. The van der Waals surface area contributed by atoms with Crippen LogP contribution >= 0.6 is 23.5 Å². The molecule has 0 spiro atoms. The Bertz CT molecular complexity index is 641. The predicted molar refractivity (Wildman–Crippen MR) is 56.5 cm³/mol. The van der Waals surface area contributed by atoms with E-state index in [2.05, 4.69) is 13.1 Å². The zero-order valence-corrected chi connectivity index (χ0v) is 24.0. The normalized spacial score (nSPS) is 15.0. The molecule has 2 unspecified atom stereocenters. The Morgan fingerprint density at radius 2 is 1.25 bits per heavy atom. The minimum atomic E-state index is -6.01. The fraction of sp³-hybridized carbons (Fsp3) is 0. The first-order valence-electron chi connectivity index (χ1n) is 4.51. The topological polar surface area (TPSA) is 197 Å². The SMILES string of the molecule is Nc1ccccc1OP(=O)([O-])OP(=O)([O-])OP(=O)([O-])[O-].[Na+].[Na+].[Na+].[Na+]. The molecule has 1 rings (SSSR count). The molecule has 0 saturated heterocycles. The van der Waals surface area contributed by atoms with Gasteiger partial charge in [0.1, 0.15) is 0 Å². The zero-order chi connectivity index (χ0) is 15.6. The Kier molecular flexibility index (Phi) is 20.7. The maximum Gasteiger partial charge on any atom is 1.00 e. The van der Waals surface area contributed by atoms with E-state index >= 15 is 0 Å². The van der Waals surface area contributed by atoms with Crippen molar-refractivity contribution < 1.29 is 165 Å². The van der Waals surface area contributed by atoms with Gasteiger partial charge in [0, 0.05) is 0 Å². The molecule has 2 N–H and O–H groups in total. The van der Waals surface area contributed by atoms with Crippen LogP contribution in [0, 0.1) is 0 Å². The molecule has 0 aliphatic carbocycles. The maximum atomic E-state index is 11.2. The summed E-state index contributed by atoms with van der Waals surface area (Å²) >= 11 is 0. The van der Waals surface area contributed by atoms with Crippen molar-refractivity contribution in [3.8, 4) is 5.75 Å². The van der Waals surface area contributed by atoms with Crippen molar-refractivity contribution in [2.45, 2.75) is 0 Å². The van der Waals surface area contributed by atoms with Gasteiger partial charge < -0.3 is 34.4 Å². The molecule has 0 saturated carbocycles. The van der Waals surface area contributed by atoms with Crippen molar-refractivity contribution in [1.29, 1.82) is 0 Å². The summed E-state index contributed by atoms with van der Waals surface area (Å²) in [6.07, 6.45) is 0. The number of phosphoric ester groups is 1. The predicted octanol–water partition coefficient (Wildman–Crippen LogP) is -13.5. The molecule has 0 radical (unpaired) electrons. The molecular weight excluding hydrogens is 431 g/mol. The number of nitrogens with two attached hydrogens (primary N) is 1. The summed E-state index contributed by atoms with van der Waals surface area (Å²) < 4.78 is 42.7. The molecule has 0 aromatic heterocycles. The third-order valence-electron chi connectivity index (χ3n) is 1.53. The maximum absolute atomic E-state index is 11.2. The van der Waals surface area contributed by atoms with Gasteiger partial charge in [-0.25, -0.2) is 4.31 Å². The molecular formula is C6H6NNa4O10P3. The summed E-state index contributed by atoms with van der Waals surface area (Å²) in [6, 6.07) is 5.08. The summed E-state index contributed by atoms with van der Waals surface area (Å²) in [5.41, 5.74) is 5.17. The quantitative estimate of drug-likeness (QED) is 0.252. The van der Waals surface area contributed by atoms with Gasteiger partial charge in [0.05, 0.1) is 13.5 Å². The van der Waals surface area contributed by atoms with Crippen molar-refractivity contribution in [2.75, 3.05) is 5.73 Å². The molecule has 114 valence electrons. The van der Waals surface area contributed by atoms with E-state index in [0.717, 1.165) is 6.07 Å². The van der Waals surface area contributed by atoms with Crippen LogP contribution in [0.25, 0.3) is 0 Å². The van der Waals surface area contributed by atoms with Crippen LogP contribution in [-0.4, -0.2) is 0 Å². The first-order chi connectivity index (χ1) is 8.90.